The molecule has 0 saturated heterocycles. The smallest absolute Gasteiger partial charge is 0.254 e. The molecule has 4 nitrogen and oxygen atoms in total. The number of aromatic nitrogens is 1. The average Bonchev–Trinajstić information content (AvgIpc) is 3.17. The molecule has 0 saturated carbocycles. The molecule has 1 aromatic heterocycles. The third kappa shape index (κ3) is 3.14. The van der Waals surface area contributed by atoms with Crippen LogP contribution in [0.2, 0.25) is 0 Å². The zero-order valence-corrected chi connectivity index (χ0v) is 17.0. The summed E-state index contributed by atoms with van der Waals surface area (Å²) in [5.41, 5.74) is 5.28. The minimum Gasteiger partial charge on any atom is -0.494 e. The number of benzene rings is 3. The van der Waals surface area contributed by atoms with E-state index in [0.717, 1.165) is 28.9 Å². The molecule has 0 bridgehead atoms. The van der Waals surface area contributed by atoms with Crippen molar-refractivity contribution in [3.05, 3.63) is 101 Å². The molecule has 3 aromatic carbocycles. The molecule has 1 atom stereocenters. The molecule has 1 aliphatic heterocycles. The van der Waals surface area contributed by atoms with Crippen LogP contribution < -0.4 is 4.74 Å². The van der Waals surface area contributed by atoms with E-state index in [9.17, 15) is 4.79 Å². The van der Waals surface area contributed by atoms with Crippen LogP contribution in [0.5, 0.6) is 5.75 Å². The molecule has 0 radical (unpaired) electrons. The molecule has 30 heavy (non-hydrogen) atoms. The normalized spacial score (nSPS) is 15.8. The van der Waals surface area contributed by atoms with Crippen molar-refractivity contribution in [1.82, 2.24) is 9.88 Å². The monoisotopic (exact) mass is 396 g/mol. The van der Waals surface area contributed by atoms with Gasteiger partial charge in [0.2, 0.25) is 0 Å². The molecule has 0 unspecified atom stereocenters. The van der Waals surface area contributed by atoms with Crippen LogP contribution >= 0.6 is 0 Å². The van der Waals surface area contributed by atoms with Crippen molar-refractivity contribution >= 4 is 16.8 Å². The van der Waals surface area contributed by atoms with E-state index < -0.39 is 0 Å². The number of carbonyl (C=O) groups excluding carboxylic acids is 1. The van der Waals surface area contributed by atoms with E-state index in [-0.39, 0.29) is 11.9 Å². The molecule has 2 heterocycles. The Labute approximate surface area is 176 Å². The minimum absolute atomic E-state index is 0.0479. The topological polar surface area (TPSA) is 45.3 Å². The fourth-order valence-corrected chi connectivity index (χ4v) is 4.49. The van der Waals surface area contributed by atoms with Gasteiger partial charge in [-0.25, -0.2) is 0 Å². The van der Waals surface area contributed by atoms with E-state index in [1.165, 1.54) is 10.9 Å². The second-order valence-corrected chi connectivity index (χ2v) is 7.59. The molecule has 4 heteroatoms. The Morgan fingerprint density at radius 1 is 1.03 bits per heavy atom. The van der Waals surface area contributed by atoms with Crippen molar-refractivity contribution in [3.63, 3.8) is 0 Å². The number of carbonyl (C=O) groups is 1. The molecular formula is C26H24N2O2. The summed E-state index contributed by atoms with van der Waals surface area (Å²) >= 11 is 0. The quantitative estimate of drug-likeness (QED) is 0.505. The lowest BCUT2D eigenvalue weighted by atomic mass is 9.91. The number of H-pyrrole nitrogens is 1. The number of rotatable bonds is 4. The summed E-state index contributed by atoms with van der Waals surface area (Å²) in [6, 6.07) is 25.8. The summed E-state index contributed by atoms with van der Waals surface area (Å²) in [6.45, 7) is 3.26. The highest BCUT2D eigenvalue weighted by atomic mass is 16.5. The van der Waals surface area contributed by atoms with Crippen LogP contribution in [-0.4, -0.2) is 28.9 Å². The van der Waals surface area contributed by atoms with Crippen molar-refractivity contribution in [2.45, 2.75) is 19.4 Å². The van der Waals surface area contributed by atoms with Gasteiger partial charge in [-0.05, 0) is 54.8 Å². The maximum atomic E-state index is 13.5. The number of ether oxygens (including phenoxy) is 1. The Morgan fingerprint density at radius 3 is 2.67 bits per heavy atom. The number of para-hydroxylation sites is 1. The lowest BCUT2D eigenvalue weighted by Crippen LogP contribution is -2.40. The first-order valence-corrected chi connectivity index (χ1v) is 10.4. The van der Waals surface area contributed by atoms with Crippen LogP contribution in [-0.2, 0) is 6.42 Å². The van der Waals surface area contributed by atoms with Gasteiger partial charge in [0.1, 0.15) is 5.75 Å². The van der Waals surface area contributed by atoms with E-state index >= 15 is 0 Å². The van der Waals surface area contributed by atoms with Crippen LogP contribution in [0.3, 0.4) is 0 Å². The third-order valence-corrected chi connectivity index (χ3v) is 5.80. The minimum atomic E-state index is -0.186. The van der Waals surface area contributed by atoms with Gasteiger partial charge in [-0.3, -0.25) is 4.79 Å². The zero-order chi connectivity index (χ0) is 20.5. The Balaban J connectivity index is 1.66. The standard InChI is InChI=1S/C26H24N2O2/c1-2-30-20-12-8-11-19(17-20)25-24-22(21-13-6-7-14-23(21)27-24)15-16-28(25)26(29)18-9-4-3-5-10-18/h3-14,17,25,27H,2,15-16H2,1H3/t25-/m0/s1. The molecular weight excluding hydrogens is 372 g/mol. The zero-order valence-electron chi connectivity index (χ0n) is 17.0. The molecule has 1 aliphatic rings. The Hall–Kier alpha value is -3.53. The molecule has 0 spiro atoms. The van der Waals surface area contributed by atoms with Crippen LogP contribution in [0.4, 0.5) is 0 Å². The summed E-state index contributed by atoms with van der Waals surface area (Å²) in [5.74, 6) is 0.872. The first-order valence-electron chi connectivity index (χ1n) is 10.4. The van der Waals surface area contributed by atoms with E-state index in [1.54, 1.807) is 0 Å². The van der Waals surface area contributed by atoms with Crippen LogP contribution in [0.25, 0.3) is 10.9 Å². The highest BCUT2D eigenvalue weighted by molar-refractivity contribution is 5.95. The first kappa shape index (κ1) is 18.5. The van der Waals surface area contributed by atoms with Crippen LogP contribution in [0.1, 0.15) is 40.1 Å². The molecule has 0 aliphatic carbocycles. The van der Waals surface area contributed by atoms with Gasteiger partial charge in [0.15, 0.2) is 0 Å². The summed E-state index contributed by atoms with van der Waals surface area (Å²) in [6.07, 6.45) is 0.833. The van der Waals surface area contributed by atoms with E-state index in [1.807, 2.05) is 60.4 Å². The van der Waals surface area contributed by atoms with Crippen molar-refractivity contribution in [3.8, 4) is 5.75 Å². The fourth-order valence-electron chi connectivity index (χ4n) is 4.49. The second kappa shape index (κ2) is 7.71. The van der Waals surface area contributed by atoms with Gasteiger partial charge in [-0.2, -0.15) is 0 Å². The predicted molar refractivity (Wildman–Crippen MR) is 119 cm³/mol. The largest absolute Gasteiger partial charge is 0.494 e. The van der Waals surface area contributed by atoms with Crippen LogP contribution in [0.15, 0.2) is 78.9 Å². The van der Waals surface area contributed by atoms with Gasteiger partial charge in [0.25, 0.3) is 5.91 Å². The second-order valence-electron chi connectivity index (χ2n) is 7.59. The van der Waals surface area contributed by atoms with Gasteiger partial charge < -0.3 is 14.6 Å². The molecule has 1 N–H and O–H groups in total. The lowest BCUT2D eigenvalue weighted by molar-refractivity contribution is 0.0691. The van der Waals surface area contributed by atoms with E-state index in [0.29, 0.717) is 18.7 Å². The van der Waals surface area contributed by atoms with Gasteiger partial charge in [-0.15, -0.1) is 0 Å². The number of amides is 1. The highest BCUT2D eigenvalue weighted by Gasteiger charge is 2.35. The number of fused-ring (bicyclic) bond motifs is 3. The third-order valence-electron chi connectivity index (χ3n) is 5.80. The van der Waals surface area contributed by atoms with Crippen molar-refractivity contribution in [2.75, 3.05) is 13.2 Å². The SMILES string of the molecule is CCOc1cccc([C@H]2c3[nH]c4ccccc4c3CCN2C(=O)c2ccccc2)c1. The Bertz CT molecular complexity index is 1200. The summed E-state index contributed by atoms with van der Waals surface area (Å²) in [5, 5.41) is 1.24. The molecule has 4 aromatic rings. The summed E-state index contributed by atoms with van der Waals surface area (Å²) < 4.78 is 5.75. The number of aromatic amines is 1. The molecule has 150 valence electrons. The summed E-state index contributed by atoms with van der Waals surface area (Å²) in [4.78, 5) is 19.1. The average molecular weight is 396 g/mol. The van der Waals surface area contributed by atoms with Crippen LogP contribution in [0, 0.1) is 0 Å². The molecule has 1 amide bonds. The van der Waals surface area contributed by atoms with Gasteiger partial charge in [-0.1, -0.05) is 48.5 Å². The number of hydrogen-bond acceptors (Lipinski definition) is 2. The molecule has 0 fully saturated rings. The van der Waals surface area contributed by atoms with Gasteiger partial charge in [0.05, 0.1) is 12.6 Å². The first-order chi connectivity index (χ1) is 14.8. The van der Waals surface area contributed by atoms with E-state index in [2.05, 4.69) is 35.3 Å². The Morgan fingerprint density at radius 2 is 1.83 bits per heavy atom. The van der Waals surface area contributed by atoms with E-state index in [4.69, 9.17) is 4.74 Å². The van der Waals surface area contributed by atoms with Gasteiger partial charge in [0, 0.05) is 28.7 Å². The number of hydrogen-bond donors (Lipinski definition) is 1. The maximum absolute atomic E-state index is 13.5. The summed E-state index contributed by atoms with van der Waals surface area (Å²) in [7, 11) is 0. The number of nitrogens with zero attached hydrogens (tertiary/aromatic N) is 1. The lowest BCUT2D eigenvalue weighted by Gasteiger charge is -2.36. The maximum Gasteiger partial charge on any atom is 0.254 e. The predicted octanol–water partition coefficient (Wildman–Crippen LogP) is 5.35. The van der Waals surface area contributed by atoms with Gasteiger partial charge >= 0.3 is 0 Å². The Kier molecular flexibility index (Phi) is 4.75. The van der Waals surface area contributed by atoms with Crippen molar-refractivity contribution in [2.24, 2.45) is 0 Å². The number of nitrogens with one attached hydrogen (secondary N) is 1. The fraction of sp³-hybridized carbons (Fsp3) is 0.192. The van der Waals surface area contributed by atoms with Crippen molar-refractivity contribution < 1.29 is 9.53 Å². The van der Waals surface area contributed by atoms with Crippen molar-refractivity contribution in [1.29, 1.82) is 0 Å². The molecule has 5 rings (SSSR count). The highest BCUT2D eigenvalue weighted by Crippen LogP contribution is 2.39.